The molecule has 1 saturated heterocycles. The van der Waals surface area contributed by atoms with E-state index in [1.54, 1.807) is 0 Å². The van der Waals surface area contributed by atoms with E-state index in [0.717, 1.165) is 42.1 Å². The molecule has 0 aliphatic carbocycles. The van der Waals surface area contributed by atoms with Gasteiger partial charge in [0.1, 0.15) is 0 Å². The number of amides is 2. The Morgan fingerprint density at radius 3 is 2.35 bits per heavy atom. The van der Waals surface area contributed by atoms with Crippen molar-refractivity contribution >= 4 is 28.8 Å². The Labute approximate surface area is 187 Å². The lowest BCUT2D eigenvalue weighted by molar-refractivity contribution is 0.0931. The fourth-order valence-corrected chi connectivity index (χ4v) is 4.60. The standard InChI is InChI=1S/C25H27N3O2S/c1-18(19-8-3-2-4-9-19)26-24(29)21-10-5-6-11-22(21)28-15-13-20(14-16-28)27-25(30)23-12-7-17-31-23/h2-12,17-18,20H,13-16H2,1H3,(H,26,29)(H,27,30). The van der Waals surface area contributed by atoms with E-state index in [0.29, 0.717) is 5.56 Å². The van der Waals surface area contributed by atoms with E-state index in [4.69, 9.17) is 0 Å². The topological polar surface area (TPSA) is 61.4 Å². The first-order valence-electron chi connectivity index (χ1n) is 10.7. The Bertz CT molecular complexity index is 1010. The third-order valence-electron chi connectivity index (χ3n) is 5.71. The zero-order valence-corrected chi connectivity index (χ0v) is 18.4. The van der Waals surface area contributed by atoms with E-state index >= 15 is 0 Å². The minimum Gasteiger partial charge on any atom is -0.371 e. The molecule has 1 atom stereocenters. The number of carbonyl (C=O) groups excluding carboxylic acids is 2. The summed E-state index contributed by atoms with van der Waals surface area (Å²) in [7, 11) is 0. The van der Waals surface area contributed by atoms with Crippen molar-refractivity contribution in [2.24, 2.45) is 0 Å². The lowest BCUT2D eigenvalue weighted by atomic mass is 10.0. The van der Waals surface area contributed by atoms with Crippen molar-refractivity contribution in [3.05, 3.63) is 88.1 Å². The van der Waals surface area contributed by atoms with Crippen LogP contribution in [0.15, 0.2) is 72.1 Å². The van der Waals surface area contributed by atoms with E-state index in [9.17, 15) is 9.59 Å². The zero-order valence-electron chi connectivity index (χ0n) is 17.6. The van der Waals surface area contributed by atoms with Crippen molar-refractivity contribution < 1.29 is 9.59 Å². The summed E-state index contributed by atoms with van der Waals surface area (Å²) in [5.74, 6) is -0.0665. The molecule has 0 spiro atoms. The molecule has 2 amide bonds. The lowest BCUT2D eigenvalue weighted by Gasteiger charge is -2.35. The molecule has 1 aliphatic rings. The van der Waals surface area contributed by atoms with Crippen LogP contribution in [0.4, 0.5) is 5.69 Å². The van der Waals surface area contributed by atoms with Gasteiger partial charge in [-0.25, -0.2) is 0 Å². The largest absolute Gasteiger partial charge is 0.371 e. The van der Waals surface area contributed by atoms with Crippen LogP contribution >= 0.6 is 11.3 Å². The van der Waals surface area contributed by atoms with Gasteiger partial charge in [-0.3, -0.25) is 9.59 Å². The summed E-state index contributed by atoms with van der Waals surface area (Å²) in [6.45, 7) is 3.60. The van der Waals surface area contributed by atoms with E-state index in [1.807, 2.05) is 79.0 Å². The summed E-state index contributed by atoms with van der Waals surface area (Å²) in [5, 5.41) is 8.18. The van der Waals surface area contributed by atoms with Gasteiger partial charge < -0.3 is 15.5 Å². The highest BCUT2D eigenvalue weighted by molar-refractivity contribution is 7.12. The van der Waals surface area contributed by atoms with Gasteiger partial charge in [0.15, 0.2) is 0 Å². The first-order valence-corrected chi connectivity index (χ1v) is 11.5. The van der Waals surface area contributed by atoms with E-state index in [-0.39, 0.29) is 23.9 Å². The predicted molar refractivity (Wildman–Crippen MR) is 126 cm³/mol. The smallest absolute Gasteiger partial charge is 0.261 e. The summed E-state index contributed by atoms with van der Waals surface area (Å²) in [6.07, 6.45) is 1.71. The van der Waals surface area contributed by atoms with Crippen LogP contribution in [0.1, 0.15) is 51.4 Å². The Morgan fingerprint density at radius 2 is 1.65 bits per heavy atom. The average Bonchev–Trinajstić information content (AvgIpc) is 3.35. The van der Waals surface area contributed by atoms with Gasteiger partial charge in [-0.1, -0.05) is 48.5 Å². The Hall–Kier alpha value is -3.12. The van der Waals surface area contributed by atoms with Crippen molar-refractivity contribution in [3.63, 3.8) is 0 Å². The van der Waals surface area contributed by atoms with E-state index < -0.39 is 0 Å². The fraction of sp³-hybridized carbons (Fsp3) is 0.280. The molecule has 6 heteroatoms. The highest BCUT2D eigenvalue weighted by atomic mass is 32.1. The molecule has 1 fully saturated rings. The predicted octanol–water partition coefficient (Wildman–Crippen LogP) is 4.64. The molecule has 5 nitrogen and oxygen atoms in total. The number of anilines is 1. The van der Waals surface area contributed by atoms with Crippen LogP contribution in [-0.2, 0) is 0 Å². The quantitative estimate of drug-likeness (QED) is 0.595. The maximum absolute atomic E-state index is 13.0. The average molecular weight is 434 g/mol. The third kappa shape index (κ3) is 5.14. The lowest BCUT2D eigenvalue weighted by Crippen LogP contribution is -2.45. The molecule has 0 radical (unpaired) electrons. The normalized spacial score (nSPS) is 15.3. The fourth-order valence-electron chi connectivity index (χ4n) is 3.97. The molecule has 2 N–H and O–H groups in total. The van der Waals surface area contributed by atoms with Crippen LogP contribution in [0.3, 0.4) is 0 Å². The first-order chi connectivity index (χ1) is 15.1. The molecule has 1 aliphatic heterocycles. The van der Waals surface area contributed by atoms with Gasteiger partial charge >= 0.3 is 0 Å². The molecule has 0 saturated carbocycles. The molecule has 0 bridgehead atoms. The Morgan fingerprint density at radius 1 is 0.935 bits per heavy atom. The number of benzene rings is 2. The molecule has 2 aromatic carbocycles. The number of thiophene rings is 1. The second kappa shape index (κ2) is 9.79. The highest BCUT2D eigenvalue weighted by Crippen LogP contribution is 2.25. The van der Waals surface area contributed by atoms with Crippen LogP contribution in [0.25, 0.3) is 0 Å². The molecule has 3 aromatic rings. The van der Waals surface area contributed by atoms with Crippen molar-refractivity contribution in [1.82, 2.24) is 10.6 Å². The third-order valence-corrected chi connectivity index (χ3v) is 6.58. The zero-order chi connectivity index (χ0) is 21.6. The number of rotatable bonds is 6. The van der Waals surface area contributed by atoms with Crippen molar-refractivity contribution in [2.45, 2.75) is 31.8 Å². The Kier molecular flexibility index (Phi) is 6.67. The van der Waals surface area contributed by atoms with Gasteiger partial charge in [0, 0.05) is 24.8 Å². The van der Waals surface area contributed by atoms with Gasteiger partial charge in [-0.05, 0) is 48.9 Å². The summed E-state index contributed by atoms with van der Waals surface area (Å²) < 4.78 is 0. The van der Waals surface area contributed by atoms with Crippen LogP contribution < -0.4 is 15.5 Å². The molecular formula is C25H27N3O2S. The van der Waals surface area contributed by atoms with Gasteiger partial charge in [0.2, 0.25) is 0 Å². The van der Waals surface area contributed by atoms with Gasteiger partial charge in [-0.2, -0.15) is 0 Å². The molecule has 160 valence electrons. The monoisotopic (exact) mass is 433 g/mol. The molecule has 31 heavy (non-hydrogen) atoms. The number of hydrogen-bond acceptors (Lipinski definition) is 4. The number of para-hydroxylation sites is 1. The van der Waals surface area contributed by atoms with Crippen molar-refractivity contribution in [3.8, 4) is 0 Å². The number of nitrogens with one attached hydrogen (secondary N) is 2. The minimum absolute atomic E-state index is 0.00290. The number of nitrogens with zero attached hydrogens (tertiary/aromatic N) is 1. The van der Waals surface area contributed by atoms with Crippen LogP contribution in [0.2, 0.25) is 0 Å². The van der Waals surface area contributed by atoms with Gasteiger partial charge in [0.25, 0.3) is 11.8 Å². The summed E-state index contributed by atoms with van der Waals surface area (Å²) in [6, 6.07) is 21.6. The SMILES string of the molecule is CC(NC(=O)c1ccccc1N1CCC(NC(=O)c2cccs2)CC1)c1ccccc1. The van der Waals surface area contributed by atoms with Crippen molar-refractivity contribution in [1.29, 1.82) is 0 Å². The highest BCUT2D eigenvalue weighted by Gasteiger charge is 2.24. The molecule has 1 unspecified atom stereocenters. The van der Waals surface area contributed by atoms with Crippen LogP contribution in [0.5, 0.6) is 0 Å². The van der Waals surface area contributed by atoms with Crippen molar-refractivity contribution in [2.75, 3.05) is 18.0 Å². The number of piperidine rings is 1. The second-order valence-corrected chi connectivity index (χ2v) is 8.78. The molecule has 1 aromatic heterocycles. The minimum atomic E-state index is -0.0695. The van der Waals surface area contributed by atoms with Crippen LogP contribution in [0, 0.1) is 0 Å². The number of hydrogen-bond donors (Lipinski definition) is 2. The van der Waals surface area contributed by atoms with Crippen LogP contribution in [-0.4, -0.2) is 30.9 Å². The van der Waals surface area contributed by atoms with E-state index in [1.165, 1.54) is 11.3 Å². The van der Waals surface area contributed by atoms with E-state index in [2.05, 4.69) is 15.5 Å². The number of carbonyl (C=O) groups is 2. The maximum atomic E-state index is 13.0. The second-order valence-electron chi connectivity index (χ2n) is 7.84. The Balaban J connectivity index is 1.38. The maximum Gasteiger partial charge on any atom is 0.261 e. The summed E-state index contributed by atoms with van der Waals surface area (Å²) >= 11 is 1.46. The van der Waals surface area contributed by atoms with Gasteiger partial charge in [0.05, 0.1) is 16.5 Å². The molecule has 4 rings (SSSR count). The first kappa shape index (κ1) is 21.1. The molecular weight excluding hydrogens is 406 g/mol. The summed E-state index contributed by atoms with van der Waals surface area (Å²) in [4.78, 5) is 28.4. The van der Waals surface area contributed by atoms with Gasteiger partial charge in [-0.15, -0.1) is 11.3 Å². The molecule has 2 heterocycles. The summed E-state index contributed by atoms with van der Waals surface area (Å²) in [5.41, 5.74) is 2.71.